The summed E-state index contributed by atoms with van der Waals surface area (Å²) in [5, 5.41) is 1.08. The summed E-state index contributed by atoms with van der Waals surface area (Å²) in [6, 6.07) is 8.37. The molecule has 0 saturated carbocycles. The highest BCUT2D eigenvalue weighted by molar-refractivity contribution is 7.18. The van der Waals surface area contributed by atoms with Crippen LogP contribution < -0.4 is 4.90 Å². The number of fused-ring (bicyclic) bond motifs is 1. The number of benzene rings is 1. The molecule has 0 unspecified atom stereocenters. The van der Waals surface area contributed by atoms with Gasteiger partial charge in [-0.1, -0.05) is 12.1 Å². The first-order chi connectivity index (χ1) is 14.3. The molecule has 0 N–H and O–H groups in total. The second kappa shape index (κ2) is 8.06. The summed E-state index contributed by atoms with van der Waals surface area (Å²) >= 11 is 1.74. The van der Waals surface area contributed by atoms with Crippen molar-refractivity contribution in [3.63, 3.8) is 0 Å². The maximum Gasteiger partial charge on any atom is 0.228 e. The fourth-order valence-electron chi connectivity index (χ4n) is 4.56. The molecule has 2 aliphatic heterocycles. The molecule has 6 nitrogen and oxygen atoms in total. The summed E-state index contributed by atoms with van der Waals surface area (Å²) in [7, 11) is 0. The molecule has 7 heteroatoms. The smallest absolute Gasteiger partial charge is 0.228 e. The number of likely N-dealkylation sites (tertiary alicyclic amines) is 1. The molecule has 29 heavy (non-hydrogen) atoms. The van der Waals surface area contributed by atoms with Crippen molar-refractivity contribution in [2.75, 3.05) is 24.5 Å². The van der Waals surface area contributed by atoms with Gasteiger partial charge in [0.25, 0.3) is 0 Å². The first-order valence-electron chi connectivity index (χ1n) is 10.5. The fraction of sp³-hybridized carbons (Fsp3) is 0.455. The Bertz CT molecular complexity index is 958. The standard InChI is InChI=1S/C22H25N5OS/c28-22(16-6-5-12-26(15-16)20-14-23-10-11-24-20)27-13-4-3-8-18(27)21-25-17-7-1-2-9-19(17)29-21/h1-2,7,9-11,14,16,18H,3-6,8,12-13,15H2/t16-,18-/m1/s1. The highest BCUT2D eigenvalue weighted by Gasteiger charge is 2.36. The van der Waals surface area contributed by atoms with Crippen LogP contribution >= 0.6 is 11.3 Å². The van der Waals surface area contributed by atoms with Gasteiger partial charge in [0.1, 0.15) is 10.8 Å². The van der Waals surface area contributed by atoms with Gasteiger partial charge in [0.05, 0.1) is 28.4 Å². The third-order valence-electron chi connectivity index (χ3n) is 6.03. The predicted molar refractivity (Wildman–Crippen MR) is 115 cm³/mol. The molecule has 150 valence electrons. The van der Waals surface area contributed by atoms with Gasteiger partial charge in [0.2, 0.25) is 5.91 Å². The number of para-hydroxylation sites is 1. The zero-order chi connectivity index (χ0) is 19.6. The van der Waals surface area contributed by atoms with Gasteiger partial charge in [-0.25, -0.2) is 9.97 Å². The average molecular weight is 408 g/mol. The SMILES string of the molecule is O=C([C@@H]1CCCN(c2cnccn2)C1)N1CCCC[C@@H]1c1nc2ccccc2s1. The van der Waals surface area contributed by atoms with E-state index in [9.17, 15) is 4.79 Å². The van der Waals surface area contributed by atoms with E-state index in [0.29, 0.717) is 0 Å². The van der Waals surface area contributed by atoms with E-state index in [2.05, 4.69) is 38.0 Å². The summed E-state index contributed by atoms with van der Waals surface area (Å²) in [5.74, 6) is 1.16. The lowest BCUT2D eigenvalue weighted by Crippen LogP contribution is -2.47. The Balaban J connectivity index is 1.37. The molecule has 0 bridgehead atoms. The largest absolute Gasteiger partial charge is 0.355 e. The monoisotopic (exact) mass is 407 g/mol. The van der Waals surface area contributed by atoms with Crippen LogP contribution in [-0.4, -0.2) is 45.4 Å². The Labute approximate surface area is 174 Å². The van der Waals surface area contributed by atoms with E-state index in [-0.39, 0.29) is 17.9 Å². The molecule has 2 atom stereocenters. The normalized spacial score (nSPS) is 22.8. The van der Waals surface area contributed by atoms with Crippen LogP contribution in [0.5, 0.6) is 0 Å². The molecule has 1 aromatic carbocycles. The Morgan fingerprint density at radius 2 is 2.00 bits per heavy atom. The zero-order valence-corrected chi connectivity index (χ0v) is 17.2. The molecule has 2 saturated heterocycles. The Hall–Kier alpha value is -2.54. The molecule has 3 aromatic rings. The maximum absolute atomic E-state index is 13.6. The first kappa shape index (κ1) is 18.5. The van der Waals surface area contributed by atoms with Crippen LogP contribution in [0.4, 0.5) is 5.82 Å². The van der Waals surface area contributed by atoms with E-state index < -0.39 is 0 Å². The lowest BCUT2D eigenvalue weighted by Gasteiger charge is -2.40. The number of aromatic nitrogens is 3. The number of nitrogens with zero attached hydrogens (tertiary/aromatic N) is 5. The van der Waals surface area contributed by atoms with E-state index in [1.54, 1.807) is 29.9 Å². The number of anilines is 1. The quantitative estimate of drug-likeness (QED) is 0.655. The highest BCUT2D eigenvalue weighted by atomic mass is 32.1. The third-order valence-corrected chi connectivity index (χ3v) is 7.16. The lowest BCUT2D eigenvalue weighted by molar-refractivity contribution is -0.139. The van der Waals surface area contributed by atoms with Gasteiger partial charge >= 0.3 is 0 Å². The minimum absolute atomic E-state index is 0.0146. The van der Waals surface area contributed by atoms with E-state index >= 15 is 0 Å². The van der Waals surface area contributed by atoms with Crippen LogP contribution in [0, 0.1) is 5.92 Å². The fourth-order valence-corrected chi connectivity index (χ4v) is 5.68. The summed E-state index contributed by atoms with van der Waals surface area (Å²) in [4.78, 5) is 31.4. The molecule has 0 aliphatic carbocycles. The summed E-state index contributed by atoms with van der Waals surface area (Å²) < 4.78 is 1.20. The van der Waals surface area contributed by atoms with E-state index in [1.165, 1.54) is 4.70 Å². The summed E-state index contributed by atoms with van der Waals surface area (Å²) in [5.41, 5.74) is 1.04. The Kier molecular flexibility index (Phi) is 5.14. The molecule has 5 rings (SSSR count). The van der Waals surface area contributed by atoms with Gasteiger partial charge in [-0.15, -0.1) is 11.3 Å². The molecule has 0 radical (unpaired) electrons. The average Bonchev–Trinajstić information content (AvgIpc) is 3.23. The van der Waals surface area contributed by atoms with Crippen molar-refractivity contribution in [2.45, 2.75) is 38.1 Å². The van der Waals surface area contributed by atoms with Crippen molar-refractivity contribution in [1.82, 2.24) is 19.9 Å². The van der Waals surface area contributed by atoms with Crippen LogP contribution in [0.25, 0.3) is 10.2 Å². The van der Waals surface area contributed by atoms with Crippen molar-refractivity contribution in [3.8, 4) is 0 Å². The number of thiazole rings is 1. The van der Waals surface area contributed by atoms with Gasteiger partial charge in [-0.3, -0.25) is 9.78 Å². The van der Waals surface area contributed by atoms with Crippen LogP contribution in [0.3, 0.4) is 0 Å². The van der Waals surface area contributed by atoms with Crippen molar-refractivity contribution < 1.29 is 4.79 Å². The number of amides is 1. The molecule has 2 fully saturated rings. The molecule has 2 aliphatic rings. The second-order valence-corrected chi connectivity index (χ2v) is 8.97. The number of hydrogen-bond acceptors (Lipinski definition) is 6. The van der Waals surface area contributed by atoms with E-state index in [0.717, 1.165) is 68.1 Å². The van der Waals surface area contributed by atoms with Gasteiger partial charge in [-0.05, 0) is 44.2 Å². The highest BCUT2D eigenvalue weighted by Crippen LogP contribution is 2.37. The van der Waals surface area contributed by atoms with Gasteiger partial charge in [-0.2, -0.15) is 0 Å². The van der Waals surface area contributed by atoms with Gasteiger partial charge in [0, 0.05) is 32.0 Å². The number of carbonyl (C=O) groups excluding carboxylic acids is 1. The van der Waals surface area contributed by atoms with E-state index in [1.807, 2.05) is 6.07 Å². The Morgan fingerprint density at radius 3 is 2.86 bits per heavy atom. The second-order valence-electron chi connectivity index (χ2n) is 7.91. The molecule has 4 heterocycles. The minimum atomic E-state index is 0.0146. The Morgan fingerprint density at radius 1 is 1.07 bits per heavy atom. The van der Waals surface area contributed by atoms with Crippen LogP contribution in [0.2, 0.25) is 0 Å². The summed E-state index contributed by atoms with van der Waals surface area (Å²) in [6.07, 6.45) is 10.4. The number of rotatable bonds is 3. The zero-order valence-electron chi connectivity index (χ0n) is 16.4. The van der Waals surface area contributed by atoms with Crippen LogP contribution in [-0.2, 0) is 4.79 Å². The predicted octanol–water partition coefficient (Wildman–Crippen LogP) is 4.06. The van der Waals surface area contributed by atoms with Crippen LogP contribution in [0.15, 0.2) is 42.9 Å². The van der Waals surface area contributed by atoms with E-state index in [4.69, 9.17) is 4.98 Å². The first-order valence-corrected chi connectivity index (χ1v) is 11.3. The van der Waals surface area contributed by atoms with Crippen molar-refractivity contribution in [3.05, 3.63) is 47.9 Å². The minimum Gasteiger partial charge on any atom is -0.355 e. The maximum atomic E-state index is 13.6. The third kappa shape index (κ3) is 3.71. The number of carbonyl (C=O) groups is 1. The molecular weight excluding hydrogens is 382 g/mol. The van der Waals surface area contributed by atoms with Crippen molar-refractivity contribution in [2.24, 2.45) is 5.92 Å². The molecular formula is C22H25N5OS. The van der Waals surface area contributed by atoms with Gasteiger partial charge in [0.15, 0.2) is 0 Å². The molecule has 0 spiro atoms. The number of piperidine rings is 2. The molecule has 1 amide bonds. The van der Waals surface area contributed by atoms with Crippen molar-refractivity contribution >= 4 is 33.3 Å². The number of hydrogen-bond donors (Lipinski definition) is 0. The topological polar surface area (TPSA) is 62.2 Å². The lowest BCUT2D eigenvalue weighted by atomic mass is 9.93. The van der Waals surface area contributed by atoms with Gasteiger partial charge < -0.3 is 9.80 Å². The summed E-state index contributed by atoms with van der Waals surface area (Å²) in [6.45, 7) is 2.49. The van der Waals surface area contributed by atoms with Crippen LogP contribution in [0.1, 0.15) is 43.2 Å². The van der Waals surface area contributed by atoms with Crippen molar-refractivity contribution in [1.29, 1.82) is 0 Å². The molecule has 2 aromatic heterocycles.